The molecule has 1 atom stereocenters. The first-order chi connectivity index (χ1) is 32.2. The molecule has 0 fully saturated rings. The monoisotopic (exact) mass is 1050 g/mol. The molecule has 1 aliphatic carbocycles. The molecule has 66 heavy (non-hydrogen) atoms. The third-order valence-corrected chi connectivity index (χ3v) is 12.6. The Morgan fingerprint density at radius 3 is 1.08 bits per heavy atom. The zero-order valence-electron chi connectivity index (χ0n) is 36.1. The Bertz CT molecular complexity index is 2290. The van der Waals surface area contributed by atoms with Gasteiger partial charge < -0.3 is 28.4 Å². The predicted octanol–water partition coefficient (Wildman–Crippen LogP) is 15.5. The fourth-order valence-electron chi connectivity index (χ4n) is 7.20. The number of benzene rings is 5. The second kappa shape index (κ2) is 27.6. The van der Waals surface area contributed by atoms with Crippen LogP contribution in [0.4, 0.5) is 0 Å². The first kappa shape index (κ1) is 52.0. The summed E-state index contributed by atoms with van der Waals surface area (Å²) in [5.74, 6) is 6.27. The molecule has 0 aliphatic heterocycles. The van der Waals surface area contributed by atoms with Crippen LogP contribution >= 0.6 is 92.8 Å². The van der Waals surface area contributed by atoms with Gasteiger partial charge in [0.2, 0.25) is 0 Å². The fraction of sp³-hybridized carbons (Fsp3) is 0.308. The van der Waals surface area contributed by atoms with E-state index in [1.165, 1.54) is 0 Å². The van der Waals surface area contributed by atoms with Gasteiger partial charge in [-0.25, -0.2) is 0 Å². The number of ether oxygens (including phenoxy) is 6. The molecule has 0 amide bonds. The van der Waals surface area contributed by atoms with Crippen molar-refractivity contribution in [3.63, 3.8) is 0 Å². The summed E-state index contributed by atoms with van der Waals surface area (Å²) in [7, 11) is 0. The minimum Gasteiger partial charge on any atom is -0.490 e. The van der Waals surface area contributed by atoms with E-state index in [-0.39, 0.29) is 19.3 Å². The number of alkyl halides is 8. The maximum atomic E-state index is 6.39. The lowest BCUT2D eigenvalue weighted by Gasteiger charge is -2.23. The topological polar surface area (TPSA) is 55.4 Å². The molecule has 0 radical (unpaired) electrons. The third-order valence-electron chi connectivity index (χ3n) is 10.2. The summed E-state index contributed by atoms with van der Waals surface area (Å²) in [4.78, 5) is 0. The highest BCUT2D eigenvalue weighted by Crippen LogP contribution is 2.29. The molecule has 350 valence electrons. The Hall–Kier alpha value is -3.40. The molecule has 0 bridgehead atoms. The summed E-state index contributed by atoms with van der Waals surface area (Å²) >= 11 is 49.2. The van der Waals surface area contributed by atoms with Gasteiger partial charge in [-0.1, -0.05) is 36.4 Å². The van der Waals surface area contributed by atoms with Crippen LogP contribution in [0.2, 0.25) is 0 Å². The van der Waals surface area contributed by atoms with E-state index in [2.05, 4.69) is 12.2 Å². The molecule has 14 heteroatoms. The average Bonchev–Trinajstić information content (AvgIpc) is 3.36. The van der Waals surface area contributed by atoms with Gasteiger partial charge >= 0.3 is 0 Å². The molecule has 0 saturated carbocycles. The van der Waals surface area contributed by atoms with Gasteiger partial charge in [-0.3, -0.25) is 0 Å². The van der Waals surface area contributed by atoms with Gasteiger partial charge in [0.1, 0.15) is 61.8 Å². The number of halogens is 8. The van der Waals surface area contributed by atoms with Crippen molar-refractivity contribution in [3.05, 3.63) is 182 Å². The average molecular weight is 1050 g/mol. The molecule has 5 aromatic carbocycles. The van der Waals surface area contributed by atoms with Crippen LogP contribution < -0.4 is 23.7 Å². The van der Waals surface area contributed by atoms with E-state index in [4.69, 9.17) is 121 Å². The van der Waals surface area contributed by atoms with E-state index in [1.807, 2.05) is 103 Å². The highest BCUT2D eigenvalue weighted by molar-refractivity contribution is 6.19. The van der Waals surface area contributed by atoms with Crippen LogP contribution in [0, 0.1) is 0 Å². The lowest BCUT2D eigenvalue weighted by Crippen LogP contribution is -2.20. The van der Waals surface area contributed by atoms with E-state index in [0.717, 1.165) is 66.8 Å². The molecule has 5 aromatic rings. The summed E-state index contributed by atoms with van der Waals surface area (Å²) in [5, 5.41) is 0. The van der Waals surface area contributed by atoms with Gasteiger partial charge in [-0.2, -0.15) is 0 Å². The number of hydrogen-bond acceptors (Lipinski definition) is 6. The molecular weight excluding hydrogens is 1000 g/mol. The predicted molar refractivity (Wildman–Crippen MR) is 273 cm³/mol. The zero-order valence-corrected chi connectivity index (χ0v) is 42.2. The molecule has 1 aliphatic rings. The Morgan fingerprint density at radius 2 is 0.682 bits per heavy atom. The van der Waals surface area contributed by atoms with Crippen LogP contribution in [0.5, 0.6) is 28.7 Å². The second-order valence-corrected chi connectivity index (χ2v) is 17.7. The van der Waals surface area contributed by atoms with Gasteiger partial charge in [-0.05, 0) is 146 Å². The van der Waals surface area contributed by atoms with Gasteiger partial charge in [-0.15, -0.1) is 92.8 Å². The van der Waals surface area contributed by atoms with Crippen LogP contribution in [0.25, 0.3) is 0 Å². The molecule has 1 unspecified atom stereocenters. The van der Waals surface area contributed by atoms with Gasteiger partial charge in [0.25, 0.3) is 0 Å². The van der Waals surface area contributed by atoms with Crippen LogP contribution in [0.3, 0.4) is 0 Å². The maximum Gasteiger partial charge on any atom is 0.120 e. The summed E-state index contributed by atoms with van der Waals surface area (Å²) in [6.07, 6.45) is 8.48. The van der Waals surface area contributed by atoms with Crippen molar-refractivity contribution in [2.75, 3.05) is 26.4 Å². The van der Waals surface area contributed by atoms with Crippen molar-refractivity contribution in [2.24, 2.45) is 0 Å². The second-order valence-electron chi connectivity index (χ2n) is 15.6. The van der Waals surface area contributed by atoms with Crippen molar-refractivity contribution in [1.82, 2.24) is 0 Å². The summed E-state index contributed by atoms with van der Waals surface area (Å²) in [5.41, 5.74) is 11.3. The molecule has 6 rings (SSSR count). The van der Waals surface area contributed by atoms with E-state index in [9.17, 15) is 0 Å². The van der Waals surface area contributed by atoms with Crippen LogP contribution in [-0.4, -0.2) is 32.5 Å². The molecule has 0 saturated heterocycles. The van der Waals surface area contributed by atoms with Crippen LogP contribution in [-0.2, 0) is 65.0 Å². The highest BCUT2D eigenvalue weighted by Gasteiger charge is 2.18. The van der Waals surface area contributed by atoms with Crippen LogP contribution in [0.15, 0.2) is 126 Å². The van der Waals surface area contributed by atoms with Crippen molar-refractivity contribution < 1.29 is 28.4 Å². The van der Waals surface area contributed by atoms with E-state index >= 15 is 0 Å². The number of rotatable bonds is 26. The normalized spacial score (nSPS) is 13.7. The van der Waals surface area contributed by atoms with E-state index in [1.54, 1.807) is 0 Å². The molecule has 0 aromatic heterocycles. The third kappa shape index (κ3) is 16.7. The molecule has 6 nitrogen and oxygen atoms in total. The summed E-state index contributed by atoms with van der Waals surface area (Å²) in [6.45, 7) is 1.89. The quantitative estimate of drug-likeness (QED) is 0.0406. The van der Waals surface area contributed by atoms with Crippen molar-refractivity contribution in [2.45, 2.75) is 72.8 Å². The smallest absolute Gasteiger partial charge is 0.120 e. The summed E-state index contributed by atoms with van der Waals surface area (Å²) < 4.78 is 37.7. The van der Waals surface area contributed by atoms with Crippen molar-refractivity contribution in [3.8, 4) is 28.7 Å². The molecule has 0 N–H and O–H groups in total. The Morgan fingerprint density at radius 1 is 0.364 bits per heavy atom. The largest absolute Gasteiger partial charge is 0.490 e. The standard InChI is InChI=1S/C52H50Cl8O6/c53-23-35-5-36(24-54)12-49(11-35)63-31-43-9-44(32-64-50-13-37(25-55)6-38(14-50)26-56)20-47(19-43)61-3-1-2-4-62-48-21-45(33-65-51-15-39(27-57)7-40(16-51)28-58)10-46(22-48)34-66-52-17-41(29-59)8-42(18-52)30-60/h1-2,5-21,48H,3-4,22-34H2/b2-1-. The summed E-state index contributed by atoms with van der Waals surface area (Å²) in [6, 6.07) is 29.2. The fourth-order valence-corrected chi connectivity index (χ4v) is 8.44. The first-order valence-corrected chi connectivity index (χ1v) is 25.4. The Labute approximate surface area is 428 Å². The Balaban J connectivity index is 1.11. The molecule has 0 spiro atoms. The van der Waals surface area contributed by atoms with Gasteiger partial charge in [0, 0.05) is 53.5 Å². The molecular formula is C52H50Cl8O6. The van der Waals surface area contributed by atoms with Gasteiger partial charge in [0.15, 0.2) is 0 Å². The minimum absolute atomic E-state index is 0.228. The van der Waals surface area contributed by atoms with Gasteiger partial charge in [0.05, 0.1) is 12.7 Å². The van der Waals surface area contributed by atoms with E-state index < -0.39 is 0 Å². The van der Waals surface area contributed by atoms with Crippen LogP contribution in [0.1, 0.15) is 62.1 Å². The zero-order chi connectivity index (χ0) is 46.7. The van der Waals surface area contributed by atoms with E-state index in [0.29, 0.717) is 109 Å². The SMILES string of the molecule is ClCc1cc(CCl)cc(OCC2=CC(OC/C=C\COc3cc(COc4cc(CCl)cc(CCl)c4)cc(COc4cc(CCl)cc(CCl)c4)c3)CC(COc3cc(CCl)cc(CCl)c3)=C2)c1. The van der Waals surface area contributed by atoms with Crippen molar-refractivity contribution in [1.29, 1.82) is 0 Å². The minimum atomic E-state index is -0.228. The lowest BCUT2D eigenvalue weighted by atomic mass is 9.98. The lowest BCUT2D eigenvalue weighted by molar-refractivity contribution is 0.105. The molecule has 0 heterocycles. The maximum absolute atomic E-state index is 6.39. The Kier molecular flexibility index (Phi) is 21.7. The first-order valence-electron chi connectivity index (χ1n) is 21.1. The highest BCUT2D eigenvalue weighted by atomic mass is 35.5. The van der Waals surface area contributed by atoms with Crippen molar-refractivity contribution >= 4 is 92.8 Å². The number of hydrogen-bond donors (Lipinski definition) is 0.